The Morgan fingerprint density at radius 1 is 1.15 bits per heavy atom. The molecule has 0 saturated heterocycles. The molecule has 0 aliphatic rings. The van der Waals surface area contributed by atoms with Gasteiger partial charge < -0.3 is 4.98 Å². The van der Waals surface area contributed by atoms with E-state index in [4.69, 9.17) is 11.6 Å². The predicted octanol–water partition coefficient (Wildman–Crippen LogP) is 6.01. The van der Waals surface area contributed by atoms with Crippen LogP contribution in [0.2, 0.25) is 5.02 Å². The molecule has 1 heterocycles. The molecule has 0 bridgehead atoms. The van der Waals surface area contributed by atoms with Gasteiger partial charge in [-0.15, -0.1) is 0 Å². The standard InChI is InChI=1S/C16H12BrClFN/c1-8-5-10(17)3-4-11(8)16-9(2)12-6-13(18)14(19)7-15(12)20-16/h3-7,20H,1-2H3. The van der Waals surface area contributed by atoms with Crippen molar-refractivity contribution in [2.45, 2.75) is 13.8 Å². The molecular formula is C16H12BrClFN. The van der Waals surface area contributed by atoms with E-state index in [0.717, 1.165) is 37.8 Å². The van der Waals surface area contributed by atoms with Crippen molar-refractivity contribution < 1.29 is 4.39 Å². The number of benzene rings is 2. The van der Waals surface area contributed by atoms with Crippen LogP contribution in [0.1, 0.15) is 11.1 Å². The summed E-state index contributed by atoms with van der Waals surface area (Å²) < 4.78 is 14.6. The third-order valence-electron chi connectivity index (χ3n) is 3.56. The number of hydrogen-bond donors (Lipinski definition) is 1. The molecule has 20 heavy (non-hydrogen) atoms. The fourth-order valence-corrected chi connectivity index (χ4v) is 3.14. The van der Waals surface area contributed by atoms with Crippen LogP contribution in [0.25, 0.3) is 22.2 Å². The first-order valence-corrected chi connectivity index (χ1v) is 7.38. The van der Waals surface area contributed by atoms with Gasteiger partial charge in [-0.3, -0.25) is 0 Å². The number of aromatic amines is 1. The molecule has 0 unspecified atom stereocenters. The second-order valence-corrected chi connectivity index (χ2v) is 6.22. The molecule has 2 aromatic carbocycles. The van der Waals surface area contributed by atoms with Crippen molar-refractivity contribution >= 4 is 38.4 Å². The lowest BCUT2D eigenvalue weighted by atomic mass is 10.0. The van der Waals surface area contributed by atoms with Crippen molar-refractivity contribution in [1.82, 2.24) is 4.98 Å². The van der Waals surface area contributed by atoms with Gasteiger partial charge in [0.05, 0.1) is 5.02 Å². The van der Waals surface area contributed by atoms with E-state index in [1.807, 2.05) is 13.0 Å². The normalized spacial score (nSPS) is 11.2. The molecule has 0 aliphatic carbocycles. The molecule has 0 spiro atoms. The highest BCUT2D eigenvalue weighted by atomic mass is 79.9. The first-order chi connectivity index (χ1) is 9.47. The Kier molecular flexibility index (Phi) is 3.35. The summed E-state index contributed by atoms with van der Waals surface area (Å²) in [5, 5.41) is 1.10. The van der Waals surface area contributed by atoms with E-state index in [9.17, 15) is 4.39 Å². The molecule has 102 valence electrons. The summed E-state index contributed by atoms with van der Waals surface area (Å²) in [7, 11) is 0. The average molecular weight is 353 g/mol. The second kappa shape index (κ2) is 4.90. The Bertz CT molecular complexity index is 823. The zero-order valence-electron chi connectivity index (χ0n) is 11.0. The lowest BCUT2D eigenvalue weighted by Crippen LogP contribution is -1.85. The van der Waals surface area contributed by atoms with Gasteiger partial charge in [0, 0.05) is 26.6 Å². The number of rotatable bonds is 1. The highest BCUT2D eigenvalue weighted by Crippen LogP contribution is 2.34. The highest BCUT2D eigenvalue weighted by molar-refractivity contribution is 9.10. The van der Waals surface area contributed by atoms with Gasteiger partial charge in [-0.1, -0.05) is 33.6 Å². The van der Waals surface area contributed by atoms with Crippen LogP contribution in [-0.4, -0.2) is 4.98 Å². The minimum absolute atomic E-state index is 0.152. The highest BCUT2D eigenvalue weighted by Gasteiger charge is 2.13. The van der Waals surface area contributed by atoms with Crippen molar-refractivity contribution in [2.24, 2.45) is 0 Å². The smallest absolute Gasteiger partial charge is 0.143 e. The van der Waals surface area contributed by atoms with E-state index in [-0.39, 0.29) is 5.02 Å². The fourth-order valence-electron chi connectivity index (χ4n) is 2.50. The maximum absolute atomic E-state index is 13.6. The summed E-state index contributed by atoms with van der Waals surface area (Å²) in [6.07, 6.45) is 0. The Balaban J connectivity index is 2.29. The molecule has 0 aliphatic heterocycles. The van der Waals surface area contributed by atoms with Gasteiger partial charge in [0.1, 0.15) is 5.82 Å². The summed E-state index contributed by atoms with van der Waals surface area (Å²) in [6, 6.07) is 9.24. The van der Waals surface area contributed by atoms with Crippen LogP contribution in [0.4, 0.5) is 4.39 Å². The molecule has 1 aromatic heterocycles. The lowest BCUT2D eigenvalue weighted by molar-refractivity contribution is 0.630. The lowest BCUT2D eigenvalue weighted by Gasteiger charge is -2.05. The van der Waals surface area contributed by atoms with Gasteiger partial charge in [0.2, 0.25) is 0 Å². The monoisotopic (exact) mass is 351 g/mol. The number of fused-ring (bicyclic) bond motifs is 1. The summed E-state index contributed by atoms with van der Waals surface area (Å²) in [4.78, 5) is 3.29. The van der Waals surface area contributed by atoms with E-state index in [1.165, 1.54) is 6.07 Å². The van der Waals surface area contributed by atoms with Gasteiger partial charge in [-0.2, -0.15) is 0 Å². The molecule has 1 N–H and O–H groups in total. The zero-order valence-corrected chi connectivity index (χ0v) is 13.4. The number of H-pyrrole nitrogens is 1. The maximum Gasteiger partial charge on any atom is 0.143 e. The van der Waals surface area contributed by atoms with Gasteiger partial charge in [0.15, 0.2) is 0 Å². The molecule has 0 fully saturated rings. The third kappa shape index (κ3) is 2.15. The van der Waals surface area contributed by atoms with Crippen molar-refractivity contribution in [3.05, 3.63) is 56.8 Å². The number of aromatic nitrogens is 1. The average Bonchev–Trinajstić information content (AvgIpc) is 2.68. The topological polar surface area (TPSA) is 15.8 Å². The largest absolute Gasteiger partial charge is 0.354 e. The van der Waals surface area contributed by atoms with Gasteiger partial charge in [-0.25, -0.2) is 4.39 Å². The zero-order chi connectivity index (χ0) is 14.4. The van der Waals surface area contributed by atoms with E-state index < -0.39 is 5.82 Å². The first-order valence-electron chi connectivity index (χ1n) is 6.21. The van der Waals surface area contributed by atoms with Crippen LogP contribution < -0.4 is 0 Å². The Morgan fingerprint density at radius 2 is 1.90 bits per heavy atom. The van der Waals surface area contributed by atoms with Crippen molar-refractivity contribution in [1.29, 1.82) is 0 Å². The van der Waals surface area contributed by atoms with Crippen LogP contribution in [0, 0.1) is 19.7 Å². The maximum atomic E-state index is 13.6. The molecule has 0 radical (unpaired) electrons. The van der Waals surface area contributed by atoms with Crippen LogP contribution in [0.3, 0.4) is 0 Å². The summed E-state index contributed by atoms with van der Waals surface area (Å²) in [5.41, 5.74) is 5.11. The molecule has 4 heteroatoms. The van der Waals surface area contributed by atoms with E-state index in [1.54, 1.807) is 6.07 Å². The predicted molar refractivity (Wildman–Crippen MR) is 85.9 cm³/mol. The first kappa shape index (κ1) is 13.7. The molecule has 1 nitrogen and oxygen atoms in total. The molecule has 0 amide bonds. The van der Waals surface area contributed by atoms with E-state index >= 15 is 0 Å². The Morgan fingerprint density at radius 3 is 2.60 bits per heavy atom. The van der Waals surface area contributed by atoms with Gasteiger partial charge in [0.25, 0.3) is 0 Å². The number of nitrogens with one attached hydrogen (secondary N) is 1. The van der Waals surface area contributed by atoms with E-state index in [0.29, 0.717) is 0 Å². The fraction of sp³-hybridized carbons (Fsp3) is 0.125. The van der Waals surface area contributed by atoms with Crippen LogP contribution >= 0.6 is 27.5 Å². The van der Waals surface area contributed by atoms with Crippen LogP contribution in [-0.2, 0) is 0 Å². The summed E-state index contributed by atoms with van der Waals surface area (Å²) in [6.45, 7) is 4.07. The Labute approximate surface area is 129 Å². The molecule has 0 atom stereocenters. The van der Waals surface area contributed by atoms with Crippen molar-refractivity contribution in [3.63, 3.8) is 0 Å². The number of hydrogen-bond acceptors (Lipinski definition) is 0. The van der Waals surface area contributed by atoms with Gasteiger partial charge in [-0.05, 0) is 49.2 Å². The molecule has 3 rings (SSSR count). The SMILES string of the molecule is Cc1cc(Br)ccc1-c1[nH]c2cc(F)c(Cl)cc2c1C. The van der Waals surface area contributed by atoms with Crippen LogP contribution in [0.5, 0.6) is 0 Å². The minimum Gasteiger partial charge on any atom is -0.354 e. The third-order valence-corrected chi connectivity index (χ3v) is 4.34. The van der Waals surface area contributed by atoms with Gasteiger partial charge >= 0.3 is 0 Å². The summed E-state index contributed by atoms with van der Waals surface area (Å²) >= 11 is 9.34. The second-order valence-electron chi connectivity index (χ2n) is 4.90. The Hall–Kier alpha value is -1.32. The molecule has 0 saturated carbocycles. The van der Waals surface area contributed by atoms with Crippen molar-refractivity contribution in [2.75, 3.05) is 0 Å². The number of halogens is 3. The molecular weight excluding hydrogens is 341 g/mol. The van der Waals surface area contributed by atoms with Crippen molar-refractivity contribution in [3.8, 4) is 11.3 Å². The molecule has 3 aromatic rings. The summed E-state index contributed by atoms with van der Waals surface area (Å²) in [5.74, 6) is -0.403. The minimum atomic E-state index is -0.403. The van der Waals surface area contributed by atoms with E-state index in [2.05, 4.69) is 40.0 Å². The quantitative estimate of drug-likeness (QED) is 0.552. The van der Waals surface area contributed by atoms with Crippen LogP contribution in [0.15, 0.2) is 34.8 Å². The number of aryl methyl sites for hydroxylation is 2.